The number of nitriles is 1. The van der Waals surface area contributed by atoms with Crippen molar-refractivity contribution in [3.63, 3.8) is 0 Å². The minimum atomic E-state index is 0.584. The quantitative estimate of drug-likeness (QED) is 0.799. The van der Waals surface area contributed by atoms with Crippen molar-refractivity contribution in [3.8, 4) is 11.8 Å². The molecule has 3 heteroatoms. The van der Waals surface area contributed by atoms with Gasteiger partial charge in [-0.15, -0.1) is 0 Å². The summed E-state index contributed by atoms with van der Waals surface area (Å²) in [5.41, 5.74) is 0.622. The molecule has 1 atom stereocenters. The molecule has 17 heavy (non-hydrogen) atoms. The van der Waals surface area contributed by atoms with Crippen molar-refractivity contribution in [3.05, 3.63) is 29.8 Å². The maximum atomic E-state index is 8.96. The van der Waals surface area contributed by atoms with E-state index in [0.717, 1.165) is 6.54 Å². The van der Waals surface area contributed by atoms with E-state index in [1.165, 1.54) is 19.4 Å². The molecule has 0 radical (unpaired) electrons. The molecule has 0 amide bonds. The van der Waals surface area contributed by atoms with Crippen molar-refractivity contribution in [1.82, 2.24) is 4.90 Å². The lowest BCUT2D eigenvalue weighted by atomic mass is 9.99. The zero-order valence-electron chi connectivity index (χ0n) is 10.2. The minimum Gasteiger partial charge on any atom is -0.492 e. The van der Waals surface area contributed by atoms with Gasteiger partial charge in [0.1, 0.15) is 11.8 Å². The van der Waals surface area contributed by atoms with Crippen molar-refractivity contribution >= 4 is 0 Å². The van der Waals surface area contributed by atoms with Gasteiger partial charge in [-0.3, -0.25) is 0 Å². The summed E-state index contributed by atoms with van der Waals surface area (Å²) in [7, 11) is 2.15. The van der Waals surface area contributed by atoms with Gasteiger partial charge in [-0.2, -0.15) is 5.26 Å². The molecule has 1 aromatic carbocycles. The molecule has 1 aliphatic heterocycles. The maximum absolute atomic E-state index is 8.96. The Balaban J connectivity index is 1.91. The molecular weight excluding hydrogens is 212 g/mol. The van der Waals surface area contributed by atoms with Gasteiger partial charge < -0.3 is 9.64 Å². The van der Waals surface area contributed by atoms with Crippen LogP contribution in [0.5, 0.6) is 5.75 Å². The summed E-state index contributed by atoms with van der Waals surface area (Å²) in [6.07, 6.45) is 2.46. The molecule has 0 saturated carbocycles. The summed E-state index contributed by atoms with van der Waals surface area (Å²) in [4.78, 5) is 2.34. The molecule has 1 saturated heterocycles. The molecule has 1 fully saturated rings. The molecule has 0 bridgehead atoms. The van der Waals surface area contributed by atoms with Crippen LogP contribution in [-0.2, 0) is 0 Å². The van der Waals surface area contributed by atoms with E-state index in [4.69, 9.17) is 10.00 Å². The van der Waals surface area contributed by atoms with E-state index >= 15 is 0 Å². The first-order chi connectivity index (χ1) is 8.29. The zero-order valence-corrected chi connectivity index (χ0v) is 10.2. The van der Waals surface area contributed by atoms with Gasteiger partial charge in [0.2, 0.25) is 0 Å². The fourth-order valence-corrected chi connectivity index (χ4v) is 2.30. The second kappa shape index (κ2) is 5.70. The Labute approximate surface area is 103 Å². The zero-order chi connectivity index (χ0) is 12.1. The van der Waals surface area contributed by atoms with Crippen molar-refractivity contribution < 1.29 is 4.74 Å². The number of hydrogen-bond acceptors (Lipinski definition) is 3. The van der Waals surface area contributed by atoms with Crippen LogP contribution in [0.2, 0.25) is 0 Å². The summed E-state index contributed by atoms with van der Waals surface area (Å²) in [5, 5.41) is 8.96. The fourth-order valence-electron chi connectivity index (χ4n) is 2.30. The van der Waals surface area contributed by atoms with Gasteiger partial charge >= 0.3 is 0 Å². The van der Waals surface area contributed by atoms with Crippen LogP contribution in [0.4, 0.5) is 0 Å². The predicted octanol–water partition coefficient (Wildman–Crippen LogP) is 2.28. The van der Waals surface area contributed by atoms with E-state index in [9.17, 15) is 0 Å². The van der Waals surface area contributed by atoms with Crippen LogP contribution < -0.4 is 4.74 Å². The number of hydrogen-bond donors (Lipinski definition) is 0. The van der Waals surface area contributed by atoms with Gasteiger partial charge in [0.05, 0.1) is 12.2 Å². The highest BCUT2D eigenvalue weighted by Crippen LogP contribution is 2.20. The monoisotopic (exact) mass is 230 g/mol. The summed E-state index contributed by atoms with van der Waals surface area (Å²) < 4.78 is 5.77. The van der Waals surface area contributed by atoms with E-state index < -0.39 is 0 Å². The lowest BCUT2D eigenvalue weighted by Gasteiger charge is -2.29. The number of piperidine rings is 1. The standard InChI is InChI=1S/C14H18N2O/c1-16-8-4-5-12(10-16)11-17-14-7-3-2-6-13(14)9-15/h2-3,6-7,12H,4-5,8,10-11H2,1H3. The number of nitrogens with zero attached hydrogens (tertiary/aromatic N) is 2. The largest absolute Gasteiger partial charge is 0.492 e. The molecule has 2 rings (SSSR count). The van der Waals surface area contributed by atoms with Gasteiger partial charge in [0, 0.05) is 12.5 Å². The second-order valence-electron chi connectivity index (χ2n) is 4.69. The predicted molar refractivity (Wildman–Crippen MR) is 66.9 cm³/mol. The Morgan fingerprint density at radius 2 is 2.29 bits per heavy atom. The highest BCUT2D eigenvalue weighted by molar-refractivity contribution is 5.42. The maximum Gasteiger partial charge on any atom is 0.137 e. The average molecular weight is 230 g/mol. The first-order valence-corrected chi connectivity index (χ1v) is 6.10. The third kappa shape index (κ3) is 3.21. The Hall–Kier alpha value is -1.53. The van der Waals surface area contributed by atoms with Gasteiger partial charge in [-0.25, -0.2) is 0 Å². The fraction of sp³-hybridized carbons (Fsp3) is 0.500. The lowest BCUT2D eigenvalue weighted by molar-refractivity contribution is 0.150. The van der Waals surface area contributed by atoms with Gasteiger partial charge in [-0.1, -0.05) is 12.1 Å². The summed E-state index contributed by atoms with van der Waals surface area (Å²) >= 11 is 0. The van der Waals surface area contributed by atoms with Crippen molar-refractivity contribution in [2.45, 2.75) is 12.8 Å². The van der Waals surface area contributed by atoms with Crippen molar-refractivity contribution in [1.29, 1.82) is 5.26 Å². The smallest absolute Gasteiger partial charge is 0.137 e. The highest BCUT2D eigenvalue weighted by Gasteiger charge is 2.18. The van der Waals surface area contributed by atoms with Crippen LogP contribution in [0.15, 0.2) is 24.3 Å². The number of likely N-dealkylation sites (tertiary alicyclic amines) is 1. The number of para-hydroxylation sites is 1. The van der Waals surface area contributed by atoms with Gasteiger partial charge in [0.25, 0.3) is 0 Å². The lowest BCUT2D eigenvalue weighted by Crippen LogP contribution is -2.34. The summed E-state index contributed by atoms with van der Waals surface area (Å²) in [6.45, 7) is 2.99. The van der Waals surface area contributed by atoms with Crippen LogP contribution >= 0.6 is 0 Å². The third-order valence-corrected chi connectivity index (χ3v) is 3.20. The van der Waals surface area contributed by atoms with Crippen molar-refractivity contribution in [2.24, 2.45) is 5.92 Å². The first kappa shape index (κ1) is 11.9. The molecule has 1 heterocycles. The van der Waals surface area contributed by atoms with Crippen molar-refractivity contribution in [2.75, 3.05) is 26.7 Å². The summed E-state index contributed by atoms with van der Waals surface area (Å²) in [6, 6.07) is 9.58. The normalized spacial score (nSPS) is 20.8. The van der Waals surface area contributed by atoms with Crippen LogP contribution in [0.25, 0.3) is 0 Å². The van der Waals surface area contributed by atoms with Gasteiger partial charge in [0.15, 0.2) is 0 Å². The third-order valence-electron chi connectivity index (χ3n) is 3.20. The number of rotatable bonds is 3. The van der Waals surface area contributed by atoms with Crippen LogP contribution in [0.3, 0.4) is 0 Å². The Kier molecular flexibility index (Phi) is 4.00. The van der Waals surface area contributed by atoms with E-state index in [2.05, 4.69) is 18.0 Å². The first-order valence-electron chi connectivity index (χ1n) is 6.10. The molecule has 0 aliphatic carbocycles. The van der Waals surface area contributed by atoms with E-state index in [1.54, 1.807) is 6.07 Å². The Morgan fingerprint density at radius 3 is 3.06 bits per heavy atom. The topological polar surface area (TPSA) is 36.3 Å². The highest BCUT2D eigenvalue weighted by atomic mass is 16.5. The van der Waals surface area contributed by atoms with E-state index in [-0.39, 0.29) is 0 Å². The van der Waals surface area contributed by atoms with Crippen LogP contribution in [0, 0.1) is 17.2 Å². The molecule has 0 aromatic heterocycles. The molecular formula is C14H18N2O. The second-order valence-corrected chi connectivity index (χ2v) is 4.69. The molecule has 3 nitrogen and oxygen atoms in total. The van der Waals surface area contributed by atoms with Crippen LogP contribution in [-0.4, -0.2) is 31.6 Å². The number of benzene rings is 1. The van der Waals surface area contributed by atoms with Crippen LogP contribution in [0.1, 0.15) is 18.4 Å². The Morgan fingerprint density at radius 1 is 1.47 bits per heavy atom. The average Bonchev–Trinajstić information content (AvgIpc) is 2.37. The Bertz CT molecular complexity index is 411. The summed E-state index contributed by atoms with van der Waals surface area (Å²) in [5.74, 6) is 1.30. The molecule has 90 valence electrons. The van der Waals surface area contributed by atoms with Gasteiger partial charge in [-0.05, 0) is 38.6 Å². The molecule has 1 unspecified atom stereocenters. The molecule has 1 aromatic rings. The SMILES string of the molecule is CN1CCCC(COc2ccccc2C#N)C1. The minimum absolute atomic E-state index is 0.584. The molecule has 1 aliphatic rings. The molecule has 0 N–H and O–H groups in total. The molecule has 0 spiro atoms. The number of ether oxygens (including phenoxy) is 1. The van der Waals surface area contributed by atoms with E-state index in [1.807, 2.05) is 18.2 Å². The van der Waals surface area contributed by atoms with E-state index in [0.29, 0.717) is 23.8 Å².